The predicted octanol–water partition coefficient (Wildman–Crippen LogP) is 4.21. The number of rotatable bonds is 9. The highest BCUT2D eigenvalue weighted by molar-refractivity contribution is 7.72. The first-order chi connectivity index (χ1) is 11.7. The summed E-state index contributed by atoms with van der Waals surface area (Å²) in [5, 5.41) is 0. The van der Waals surface area contributed by atoms with E-state index < -0.39 is 20.9 Å². The number of aryl methyl sites for hydroxylation is 1. The molecule has 1 atom stereocenters. The van der Waals surface area contributed by atoms with Crippen LogP contribution in [0.25, 0.3) is 0 Å². The molecule has 0 bridgehead atoms. The fourth-order valence-electron chi connectivity index (χ4n) is 2.44. The van der Waals surface area contributed by atoms with Crippen molar-refractivity contribution in [3.8, 4) is 11.5 Å². The molecule has 0 spiro atoms. The maximum absolute atomic E-state index is 11.7. The Morgan fingerprint density at radius 2 is 1.52 bits per heavy atom. The van der Waals surface area contributed by atoms with Crippen molar-refractivity contribution in [3.05, 3.63) is 60.2 Å². The van der Waals surface area contributed by atoms with E-state index in [-0.39, 0.29) is 6.16 Å². The molecular weight excluding hydrogens is 362 g/mol. The van der Waals surface area contributed by atoms with Crippen LogP contribution in [0.1, 0.15) is 18.4 Å². The van der Waals surface area contributed by atoms with Crippen molar-refractivity contribution in [2.24, 2.45) is 0 Å². The second-order valence-electron chi connectivity index (χ2n) is 5.90. The van der Waals surface area contributed by atoms with Crippen LogP contribution in [0.2, 0.25) is 0 Å². The number of ether oxygens (including phenoxy) is 1. The Morgan fingerprint density at radius 1 is 0.840 bits per heavy atom. The van der Waals surface area contributed by atoms with Crippen LogP contribution in [0, 0.1) is 0 Å². The molecule has 0 fully saturated rings. The zero-order valence-electron chi connectivity index (χ0n) is 13.7. The third-order valence-corrected chi connectivity index (χ3v) is 7.76. The number of benzene rings is 2. The molecule has 0 amide bonds. The first-order valence-corrected chi connectivity index (χ1v) is 11.7. The quantitative estimate of drug-likeness (QED) is 0.442. The van der Waals surface area contributed by atoms with Gasteiger partial charge in [-0.2, -0.15) is 0 Å². The molecular formula is C17H22O6P2. The lowest BCUT2D eigenvalue weighted by atomic mass is 10.1. The second-order valence-corrected chi connectivity index (χ2v) is 10.5. The summed E-state index contributed by atoms with van der Waals surface area (Å²) in [6.45, 7) is 0. The van der Waals surface area contributed by atoms with Crippen LogP contribution in [0.5, 0.6) is 11.5 Å². The maximum atomic E-state index is 11.7. The van der Waals surface area contributed by atoms with Gasteiger partial charge in [-0.1, -0.05) is 30.3 Å². The minimum absolute atomic E-state index is 0.0850. The van der Waals surface area contributed by atoms with Gasteiger partial charge in [-0.15, -0.1) is 0 Å². The number of hydrogen-bond donors (Lipinski definition) is 3. The standard InChI is InChI=1S/C17H22O6P2/c18-24(19,14-25(20,21)22)12-5-4-7-15-8-6-11-17(13-15)23-16-9-2-1-3-10-16/h1-3,6,8-11,13H,4-5,7,12,14H2,(H,18,19)(H2,20,21,22). The molecule has 0 aliphatic rings. The molecule has 25 heavy (non-hydrogen) atoms. The van der Waals surface area contributed by atoms with Gasteiger partial charge in [0.25, 0.3) is 0 Å². The van der Waals surface area contributed by atoms with E-state index in [2.05, 4.69) is 0 Å². The summed E-state index contributed by atoms with van der Waals surface area (Å²) >= 11 is 0. The third kappa shape index (κ3) is 8.00. The van der Waals surface area contributed by atoms with Crippen molar-refractivity contribution >= 4 is 15.0 Å². The molecule has 0 aliphatic heterocycles. The summed E-state index contributed by atoms with van der Waals surface area (Å²) in [5.74, 6) is 0.525. The Balaban J connectivity index is 1.82. The lowest BCUT2D eigenvalue weighted by Gasteiger charge is -2.12. The maximum Gasteiger partial charge on any atom is 0.335 e. The Labute approximate surface area is 147 Å². The van der Waals surface area contributed by atoms with Crippen LogP contribution in [0.3, 0.4) is 0 Å². The molecule has 136 valence electrons. The van der Waals surface area contributed by atoms with E-state index in [9.17, 15) is 14.0 Å². The summed E-state index contributed by atoms with van der Waals surface area (Å²) < 4.78 is 28.3. The van der Waals surface area contributed by atoms with Crippen molar-refractivity contribution < 1.29 is 28.5 Å². The molecule has 0 saturated carbocycles. The van der Waals surface area contributed by atoms with Gasteiger partial charge < -0.3 is 19.4 Å². The zero-order chi connectivity index (χ0) is 18.3. The fourth-order valence-corrected chi connectivity index (χ4v) is 6.02. The van der Waals surface area contributed by atoms with Crippen molar-refractivity contribution in [1.29, 1.82) is 0 Å². The van der Waals surface area contributed by atoms with Crippen LogP contribution in [0.4, 0.5) is 0 Å². The van der Waals surface area contributed by atoms with Crippen LogP contribution < -0.4 is 4.74 Å². The summed E-state index contributed by atoms with van der Waals surface area (Å²) in [6.07, 6.45) is 1.69. The average Bonchev–Trinajstić information content (AvgIpc) is 2.51. The summed E-state index contributed by atoms with van der Waals surface area (Å²) in [5.41, 5.74) is 1.04. The van der Waals surface area contributed by atoms with Gasteiger partial charge in [0.2, 0.25) is 7.37 Å². The Morgan fingerprint density at radius 3 is 2.20 bits per heavy atom. The highest BCUT2D eigenvalue weighted by Gasteiger charge is 2.28. The van der Waals surface area contributed by atoms with Gasteiger partial charge in [0, 0.05) is 6.16 Å². The molecule has 2 aromatic carbocycles. The lowest BCUT2D eigenvalue weighted by molar-refractivity contribution is 0.375. The van der Waals surface area contributed by atoms with Crippen LogP contribution in [0.15, 0.2) is 54.6 Å². The van der Waals surface area contributed by atoms with Crippen molar-refractivity contribution in [2.75, 3.05) is 12.1 Å². The van der Waals surface area contributed by atoms with Crippen LogP contribution >= 0.6 is 15.0 Å². The van der Waals surface area contributed by atoms with Gasteiger partial charge in [0.15, 0.2) is 0 Å². The lowest BCUT2D eigenvalue weighted by Crippen LogP contribution is -1.97. The Hall–Kier alpha value is -1.42. The van der Waals surface area contributed by atoms with Gasteiger partial charge in [-0.3, -0.25) is 9.13 Å². The van der Waals surface area contributed by atoms with E-state index in [0.717, 1.165) is 17.1 Å². The number of para-hydroxylation sites is 1. The molecule has 2 aromatic rings. The molecule has 8 heteroatoms. The van der Waals surface area contributed by atoms with Gasteiger partial charge in [0.05, 0.1) is 0 Å². The van der Waals surface area contributed by atoms with Crippen LogP contribution in [-0.4, -0.2) is 26.7 Å². The van der Waals surface area contributed by atoms with E-state index in [1.165, 1.54) is 0 Å². The molecule has 0 saturated heterocycles. The molecule has 0 aromatic heterocycles. The fraction of sp³-hybridized carbons (Fsp3) is 0.294. The SMILES string of the molecule is O=P(O)(O)CP(=O)(O)CCCCc1cccc(Oc2ccccc2)c1. The van der Waals surface area contributed by atoms with Gasteiger partial charge in [-0.05, 0) is 49.1 Å². The van der Waals surface area contributed by atoms with E-state index in [0.29, 0.717) is 19.3 Å². The first kappa shape index (κ1) is 19.9. The highest BCUT2D eigenvalue weighted by atomic mass is 31.2. The smallest absolute Gasteiger partial charge is 0.335 e. The minimum atomic E-state index is -4.46. The summed E-state index contributed by atoms with van der Waals surface area (Å²) in [6, 6.07) is 17.0. The highest BCUT2D eigenvalue weighted by Crippen LogP contribution is 2.54. The second kappa shape index (κ2) is 8.79. The van der Waals surface area contributed by atoms with Crippen LogP contribution in [-0.2, 0) is 15.6 Å². The van der Waals surface area contributed by atoms with Crippen molar-refractivity contribution in [1.82, 2.24) is 0 Å². The van der Waals surface area contributed by atoms with Gasteiger partial charge in [-0.25, -0.2) is 0 Å². The molecule has 3 N–H and O–H groups in total. The Kier molecular flexibility index (Phi) is 7.00. The normalized spacial score (nSPS) is 14.0. The number of unbranched alkanes of at least 4 members (excludes halogenated alkanes) is 1. The molecule has 0 radical (unpaired) electrons. The molecule has 2 rings (SSSR count). The van der Waals surface area contributed by atoms with Gasteiger partial charge >= 0.3 is 7.60 Å². The monoisotopic (exact) mass is 384 g/mol. The summed E-state index contributed by atoms with van der Waals surface area (Å²) in [4.78, 5) is 27.2. The summed E-state index contributed by atoms with van der Waals surface area (Å²) in [7, 11) is -8.24. The van der Waals surface area contributed by atoms with Crippen molar-refractivity contribution in [2.45, 2.75) is 19.3 Å². The number of hydrogen-bond acceptors (Lipinski definition) is 3. The molecule has 6 nitrogen and oxygen atoms in total. The third-order valence-electron chi connectivity index (χ3n) is 3.51. The van der Waals surface area contributed by atoms with E-state index in [4.69, 9.17) is 14.5 Å². The Bertz CT molecular complexity index is 772. The topological polar surface area (TPSA) is 104 Å². The molecule has 0 heterocycles. The van der Waals surface area contributed by atoms with E-state index in [1.54, 1.807) is 0 Å². The average molecular weight is 384 g/mol. The minimum Gasteiger partial charge on any atom is -0.457 e. The van der Waals surface area contributed by atoms with Gasteiger partial charge in [0.1, 0.15) is 17.4 Å². The van der Waals surface area contributed by atoms with E-state index in [1.807, 2.05) is 54.6 Å². The van der Waals surface area contributed by atoms with Crippen molar-refractivity contribution in [3.63, 3.8) is 0 Å². The predicted molar refractivity (Wildman–Crippen MR) is 97.5 cm³/mol. The molecule has 1 unspecified atom stereocenters. The first-order valence-electron chi connectivity index (χ1n) is 7.91. The van der Waals surface area contributed by atoms with E-state index >= 15 is 0 Å². The largest absolute Gasteiger partial charge is 0.457 e. The molecule has 0 aliphatic carbocycles. The zero-order valence-corrected chi connectivity index (χ0v) is 15.5.